The molecule has 0 aliphatic carbocycles. The summed E-state index contributed by atoms with van der Waals surface area (Å²) in [6.45, 7) is 4.08. The zero-order chi connectivity index (χ0) is 22.5. The molecule has 0 saturated heterocycles. The summed E-state index contributed by atoms with van der Waals surface area (Å²) in [5.41, 5.74) is 5.17. The summed E-state index contributed by atoms with van der Waals surface area (Å²) in [6.07, 6.45) is 0.631. The first kappa shape index (κ1) is 22.1. The lowest BCUT2D eigenvalue weighted by atomic mass is 10.1. The van der Waals surface area contributed by atoms with Gasteiger partial charge in [-0.15, -0.1) is 10.2 Å². The van der Waals surface area contributed by atoms with E-state index in [4.69, 9.17) is 11.6 Å². The Labute approximate surface area is 196 Å². The minimum atomic E-state index is -0.0893. The standard InChI is InChI=1S/C25H23ClN4OS/c1-17-8-11-21(14-18(17)2)27-24(31)16-32-25-29-28-23(15-19-6-4-3-5-7-19)30(25)22-12-9-20(26)10-13-22/h3-14H,15-16H2,1-2H3,(H,27,31). The van der Waals surface area contributed by atoms with Crippen LogP contribution in [0, 0.1) is 13.8 Å². The molecule has 3 aromatic carbocycles. The molecular weight excluding hydrogens is 440 g/mol. The van der Waals surface area contributed by atoms with Gasteiger partial charge < -0.3 is 5.32 Å². The second-order valence-electron chi connectivity index (χ2n) is 7.51. The molecule has 162 valence electrons. The maximum absolute atomic E-state index is 12.6. The first-order valence-corrected chi connectivity index (χ1v) is 11.6. The van der Waals surface area contributed by atoms with Crippen LogP contribution in [0.15, 0.2) is 78.0 Å². The first-order valence-electron chi connectivity index (χ1n) is 10.2. The molecule has 1 heterocycles. The normalized spacial score (nSPS) is 10.8. The molecular formula is C25H23ClN4OS. The number of hydrogen-bond donors (Lipinski definition) is 1. The van der Waals surface area contributed by atoms with Gasteiger partial charge in [0, 0.05) is 22.8 Å². The van der Waals surface area contributed by atoms with Gasteiger partial charge in [0.1, 0.15) is 5.82 Å². The van der Waals surface area contributed by atoms with Crippen LogP contribution in [0.3, 0.4) is 0 Å². The van der Waals surface area contributed by atoms with Crippen LogP contribution in [0.25, 0.3) is 5.69 Å². The van der Waals surface area contributed by atoms with Gasteiger partial charge in [-0.2, -0.15) is 0 Å². The highest BCUT2D eigenvalue weighted by molar-refractivity contribution is 7.99. The Morgan fingerprint density at radius 3 is 2.44 bits per heavy atom. The fourth-order valence-electron chi connectivity index (χ4n) is 3.28. The van der Waals surface area contributed by atoms with Gasteiger partial charge in [-0.3, -0.25) is 9.36 Å². The molecule has 1 amide bonds. The van der Waals surface area contributed by atoms with E-state index in [0.717, 1.165) is 28.3 Å². The van der Waals surface area contributed by atoms with Crippen molar-refractivity contribution in [3.05, 3.63) is 100 Å². The van der Waals surface area contributed by atoms with Crippen LogP contribution in [0.2, 0.25) is 5.02 Å². The molecule has 1 N–H and O–H groups in total. The first-order chi connectivity index (χ1) is 15.5. The minimum absolute atomic E-state index is 0.0893. The number of carbonyl (C=O) groups excluding carboxylic acids is 1. The highest BCUT2D eigenvalue weighted by Crippen LogP contribution is 2.25. The Hall–Kier alpha value is -3.09. The monoisotopic (exact) mass is 462 g/mol. The van der Waals surface area contributed by atoms with Gasteiger partial charge in [0.2, 0.25) is 5.91 Å². The van der Waals surface area contributed by atoms with E-state index in [2.05, 4.69) is 27.6 Å². The lowest BCUT2D eigenvalue weighted by Gasteiger charge is -2.11. The number of nitrogens with one attached hydrogen (secondary N) is 1. The van der Waals surface area contributed by atoms with Crippen molar-refractivity contribution in [2.24, 2.45) is 0 Å². The molecule has 0 saturated carbocycles. The molecule has 0 radical (unpaired) electrons. The second kappa shape index (κ2) is 10.0. The molecule has 0 bridgehead atoms. The molecule has 0 unspecified atom stereocenters. The highest BCUT2D eigenvalue weighted by Gasteiger charge is 2.16. The van der Waals surface area contributed by atoms with Crippen LogP contribution >= 0.6 is 23.4 Å². The van der Waals surface area contributed by atoms with Gasteiger partial charge >= 0.3 is 0 Å². The van der Waals surface area contributed by atoms with Gasteiger partial charge in [0.25, 0.3) is 0 Å². The number of nitrogens with zero attached hydrogens (tertiary/aromatic N) is 3. The number of thioether (sulfide) groups is 1. The van der Waals surface area contributed by atoms with Gasteiger partial charge in [-0.05, 0) is 66.9 Å². The number of halogens is 1. The van der Waals surface area contributed by atoms with E-state index < -0.39 is 0 Å². The molecule has 0 aliphatic rings. The number of benzene rings is 3. The Morgan fingerprint density at radius 2 is 1.72 bits per heavy atom. The van der Waals surface area contributed by atoms with E-state index in [0.29, 0.717) is 16.6 Å². The zero-order valence-electron chi connectivity index (χ0n) is 17.9. The van der Waals surface area contributed by atoms with Crippen molar-refractivity contribution in [3.8, 4) is 5.69 Å². The van der Waals surface area contributed by atoms with E-state index in [1.165, 1.54) is 17.3 Å². The molecule has 0 spiro atoms. The van der Waals surface area contributed by atoms with E-state index in [1.54, 1.807) is 0 Å². The summed E-state index contributed by atoms with van der Waals surface area (Å²) in [5, 5.41) is 13.1. The van der Waals surface area contributed by atoms with E-state index >= 15 is 0 Å². The lowest BCUT2D eigenvalue weighted by Crippen LogP contribution is -2.15. The summed E-state index contributed by atoms with van der Waals surface area (Å²) in [4.78, 5) is 12.6. The summed E-state index contributed by atoms with van der Waals surface area (Å²) in [6, 6.07) is 23.6. The molecule has 7 heteroatoms. The number of anilines is 1. The molecule has 5 nitrogen and oxygen atoms in total. The van der Waals surface area contributed by atoms with Crippen molar-refractivity contribution in [2.75, 3.05) is 11.1 Å². The number of aryl methyl sites for hydroxylation is 2. The SMILES string of the molecule is Cc1ccc(NC(=O)CSc2nnc(Cc3ccccc3)n2-c2ccc(Cl)cc2)cc1C. The Bertz CT molecular complexity index is 1220. The molecule has 1 aromatic heterocycles. The van der Waals surface area contributed by atoms with Crippen LogP contribution in [0.5, 0.6) is 0 Å². The number of carbonyl (C=O) groups is 1. The lowest BCUT2D eigenvalue weighted by molar-refractivity contribution is -0.113. The van der Waals surface area contributed by atoms with Crippen molar-refractivity contribution < 1.29 is 4.79 Å². The third kappa shape index (κ3) is 5.39. The Morgan fingerprint density at radius 1 is 0.969 bits per heavy atom. The fraction of sp³-hybridized carbons (Fsp3) is 0.160. The summed E-state index contributed by atoms with van der Waals surface area (Å²) in [7, 11) is 0. The van der Waals surface area contributed by atoms with Gasteiger partial charge in [0.05, 0.1) is 5.75 Å². The average molecular weight is 463 g/mol. The number of rotatable bonds is 7. The molecule has 4 rings (SSSR count). The fourth-order valence-corrected chi connectivity index (χ4v) is 4.18. The van der Waals surface area contributed by atoms with Crippen LogP contribution in [-0.2, 0) is 11.2 Å². The van der Waals surface area contributed by atoms with Crippen molar-refractivity contribution >= 4 is 35.0 Å². The smallest absolute Gasteiger partial charge is 0.234 e. The summed E-state index contributed by atoms with van der Waals surface area (Å²) in [5.74, 6) is 0.938. The highest BCUT2D eigenvalue weighted by atomic mass is 35.5. The molecule has 32 heavy (non-hydrogen) atoms. The predicted molar refractivity (Wildman–Crippen MR) is 131 cm³/mol. The van der Waals surface area contributed by atoms with Crippen LogP contribution in [0.4, 0.5) is 5.69 Å². The summed E-state index contributed by atoms with van der Waals surface area (Å²) >= 11 is 7.44. The largest absolute Gasteiger partial charge is 0.325 e. The maximum Gasteiger partial charge on any atom is 0.234 e. The van der Waals surface area contributed by atoms with Crippen LogP contribution in [-0.4, -0.2) is 26.4 Å². The summed E-state index contributed by atoms with van der Waals surface area (Å²) < 4.78 is 1.98. The Kier molecular flexibility index (Phi) is 6.93. The van der Waals surface area contributed by atoms with Gasteiger partial charge in [-0.25, -0.2) is 0 Å². The number of aromatic nitrogens is 3. The van der Waals surface area contributed by atoms with Gasteiger partial charge in [0.15, 0.2) is 5.16 Å². The van der Waals surface area contributed by atoms with Crippen molar-refractivity contribution in [1.29, 1.82) is 0 Å². The van der Waals surface area contributed by atoms with Crippen LogP contribution in [0.1, 0.15) is 22.5 Å². The number of hydrogen-bond acceptors (Lipinski definition) is 4. The average Bonchev–Trinajstić information content (AvgIpc) is 3.18. The van der Waals surface area contributed by atoms with Crippen molar-refractivity contribution in [2.45, 2.75) is 25.4 Å². The van der Waals surface area contributed by atoms with Crippen molar-refractivity contribution in [3.63, 3.8) is 0 Å². The van der Waals surface area contributed by atoms with Crippen LogP contribution < -0.4 is 5.32 Å². The third-order valence-corrected chi connectivity index (χ3v) is 6.29. The topological polar surface area (TPSA) is 59.8 Å². The number of amides is 1. The second-order valence-corrected chi connectivity index (χ2v) is 8.89. The third-order valence-electron chi connectivity index (χ3n) is 5.11. The van der Waals surface area contributed by atoms with E-state index in [-0.39, 0.29) is 11.7 Å². The zero-order valence-corrected chi connectivity index (χ0v) is 19.5. The van der Waals surface area contributed by atoms with E-state index in [1.807, 2.05) is 79.1 Å². The molecule has 4 aromatic rings. The quantitative estimate of drug-likeness (QED) is 0.349. The predicted octanol–water partition coefficient (Wildman–Crippen LogP) is 5.86. The minimum Gasteiger partial charge on any atom is -0.325 e. The molecule has 0 fully saturated rings. The Balaban J connectivity index is 1.54. The van der Waals surface area contributed by atoms with Crippen molar-refractivity contribution in [1.82, 2.24) is 14.8 Å². The molecule has 0 atom stereocenters. The maximum atomic E-state index is 12.6. The van der Waals surface area contributed by atoms with Gasteiger partial charge in [-0.1, -0.05) is 59.8 Å². The molecule has 0 aliphatic heterocycles. The van der Waals surface area contributed by atoms with E-state index in [9.17, 15) is 4.79 Å².